The smallest absolute Gasteiger partial charge is 0.321 e. The lowest BCUT2D eigenvalue weighted by Gasteiger charge is -2.29. The minimum absolute atomic E-state index is 0.0565. The van der Waals surface area contributed by atoms with Gasteiger partial charge in [0.2, 0.25) is 0 Å². The lowest BCUT2D eigenvalue weighted by atomic mass is 9.95. The van der Waals surface area contributed by atoms with Gasteiger partial charge in [-0.25, -0.2) is 0 Å². The Morgan fingerprint density at radius 3 is 1.45 bits per heavy atom. The fourth-order valence-electron chi connectivity index (χ4n) is 7.23. The Morgan fingerprint density at radius 2 is 0.945 bits per heavy atom. The molecule has 10 heteroatoms. The molecule has 0 amide bonds. The number of allylic oxidation sites excluding steroid dienone is 2. The van der Waals surface area contributed by atoms with Gasteiger partial charge in [0.15, 0.2) is 0 Å². The normalized spacial score (nSPS) is 13.3. The second-order valence-corrected chi connectivity index (χ2v) is 20.7. The highest BCUT2D eigenvalue weighted by Gasteiger charge is 2.31. The van der Waals surface area contributed by atoms with Crippen molar-refractivity contribution in [3.05, 3.63) is 197 Å². The van der Waals surface area contributed by atoms with E-state index in [-0.39, 0.29) is 10.6 Å². The standard InChI is InChI=1S/C45H36O6P4/c46-54(47,48)38-25-27-40-32(30-38)14-13-23-42(52(34-15-5-1-6-16-34)35-17-7-2-8-18-35)44(40)45-41-28-26-39(55(49,50)51)31-33(41)24-29-43(45)53(36-19-9-3-10-20-36)37-21-11-4-12-22-37/h1-12,14-31H,13H2,(H2,46,47,48)(H2,49,50,51). The fraction of sp³-hybridized carbons (Fsp3) is 0.0222. The summed E-state index contributed by atoms with van der Waals surface area (Å²) < 4.78 is 25.2. The van der Waals surface area contributed by atoms with Gasteiger partial charge in [0, 0.05) is 0 Å². The van der Waals surface area contributed by atoms with Crippen molar-refractivity contribution in [1.82, 2.24) is 0 Å². The van der Waals surface area contributed by atoms with Crippen LogP contribution in [-0.4, -0.2) is 19.6 Å². The lowest BCUT2D eigenvalue weighted by Crippen LogP contribution is -2.33. The molecule has 1 aliphatic rings. The number of hydrogen-bond acceptors (Lipinski definition) is 2. The van der Waals surface area contributed by atoms with Crippen LogP contribution in [0.5, 0.6) is 0 Å². The molecule has 0 fully saturated rings. The molecular formula is C45H36O6P4. The van der Waals surface area contributed by atoms with Gasteiger partial charge in [-0.3, -0.25) is 9.13 Å². The number of benzene rings is 7. The summed E-state index contributed by atoms with van der Waals surface area (Å²) in [4.78, 5) is 41.1. The van der Waals surface area contributed by atoms with E-state index in [0.717, 1.165) is 53.6 Å². The molecule has 0 heterocycles. The molecule has 55 heavy (non-hydrogen) atoms. The molecule has 0 bridgehead atoms. The zero-order chi connectivity index (χ0) is 38.2. The molecule has 0 aliphatic heterocycles. The van der Waals surface area contributed by atoms with Crippen molar-refractivity contribution in [1.29, 1.82) is 0 Å². The van der Waals surface area contributed by atoms with Crippen LogP contribution in [0.2, 0.25) is 0 Å². The maximum atomic E-state index is 12.6. The zero-order valence-electron chi connectivity index (χ0n) is 29.4. The molecule has 0 atom stereocenters. The van der Waals surface area contributed by atoms with E-state index in [9.17, 15) is 28.7 Å². The summed E-state index contributed by atoms with van der Waals surface area (Å²) in [6.45, 7) is 0. The first-order valence-corrected chi connectivity index (χ1v) is 23.5. The highest BCUT2D eigenvalue weighted by molar-refractivity contribution is 7.80. The van der Waals surface area contributed by atoms with E-state index in [1.165, 1.54) is 12.1 Å². The molecule has 7 aromatic carbocycles. The van der Waals surface area contributed by atoms with E-state index >= 15 is 0 Å². The van der Waals surface area contributed by atoms with Crippen molar-refractivity contribution < 1.29 is 28.7 Å². The minimum atomic E-state index is -4.58. The molecule has 0 radical (unpaired) electrons. The molecule has 0 spiro atoms. The molecular weight excluding hydrogens is 760 g/mol. The summed E-state index contributed by atoms with van der Waals surface area (Å²) in [7, 11) is -11.5. The molecule has 0 saturated carbocycles. The fourth-order valence-corrected chi connectivity index (χ4v) is 13.4. The highest BCUT2D eigenvalue weighted by Crippen LogP contribution is 2.51. The number of hydrogen-bond donors (Lipinski definition) is 4. The Labute approximate surface area is 321 Å². The maximum absolute atomic E-state index is 12.6. The summed E-state index contributed by atoms with van der Waals surface area (Å²) in [5.41, 5.74) is 1.84. The largest absolute Gasteiger partial charge is 0.356 e. The van der Waals surface area contributed by atoms with Gasteiger partial charge in [0.1, 0.15) is 0 Å². The van der Waals surface area contributed by atoms with E-state index in [1.807, 2.05) is 97.1 Å². The van der Waals surface area contributed by atoms with Gasteiger partial charge < -0.3 is 19.6 Å². The molecule has 1 aliphatic carbocycles. The molecule has 0 saturated heterocycles. The Kier molecular flexibility index (Phi) is 10.5. The topological polar surface area (TPSA) is 115 Å². The Hall–Kier alpha value is -4.56. The third kappa shape index (κ3) is 7.67. The van der Waals surface area contributed by atoms with Gasteiger partial charge in [-0.15, -0.1) is 0 Å². The van der Waals surface area contributed by atoms with Gasteiger partial charge in [0.05, 0.1) is 10.6 Å². The van der Waals surface area contributed by atoms with Crippen LogP contribution < -0.4 is 47.6 Å². The predicted molar refractivity (Wildman–Crippen MR) is 230 cm³/mol. The van der Waals surface area contributed by atoms with Crippen LogP contribution in [-0.2, 0) is 9.13 Å². The Morgan fingerprint density at radius 1 is 0.473 bits per heavy atom. The predicted octanol–water partition coefficient (Wildman–Crippen LogP) is 5.60. The average molecular weight is 797 g/mol. The van der Waals surface area contributed by atoms with Crippen LogP contribution in [0, 0.1) is 0 Å². The van der Waals surface area contributed by atoms with Crippen molar-refractivity contribution in [3.8, 4) is 0 Å². The van der Waals surface area contributed by atoms with Crippen molar-refractivity contribution in [2.45, 2.75) is 6.42 Å². The third-order valence-electron chi connectivity index (χ3n) is 9.65. The minimum Gasteiger partial charge on any atom is -0.321 e. The third-order valence-corrected chi connectivity index (χ3v) is 16.6. The Balaban J connectivity index is 1.57. The maximum Gasteiger partial charge on any atom is 0.356 e. The molecule has 6 nitrogen and oxygen atoms in total. The van der Waals surface area contributed by atoms with E-state index in [4.69, 9.17) is 0 Å². The zero-order valence-corrected chi connectivity index (χ0v) is 33.0. The molecule has 7 aromatic rings. The lowest BCUT2D eigenvalue weighted by molar-refractivity contribution is 0.385. The van der Waals surface area contributed by atoms with Crippen LogP contribution in [0.3, 0.4) is 0 Å². The van der Waals surface area contributed by atoms with E-state index in [0.29, 0.717) is 17.0 Å². The van der Waals surface area contributed by atoms with E-state index < -0.39 is 31.0 Å². The quantitative estimate of drug-likeness (QED) is 0.142. The van der Waals surface area contributed by atoms with Gasteiger partial charge in [0.25, 0.3) is 0 Å². The second kappa shape index (κ2) is 15.5. The van der Waals surface area contributed by atoms with Crippen LogP contribution in [0.4, 0.5) is 0 Å². The number of rotatable bonds is 9. The van der Waals surface area contributed by atoms with Crippen molar-refractivity contribution in [2.75, 3.05) is 0 Å². The SMILES string of the molecule is O=P(O)(O)c1ccc2c(c1)=CCC=C(P(c1ccccc1)c1ccccc1)C=2c1c(P(c2ccccc2)c2ccccc2)ccc2cc(P(=O)(O)O)ccc12. The molecule has 0 unspecified atom stereocenters. The summed E-state index contributed by atoms with van der Waals surface area (Å²) in [5.74, 6) is 0. The Bertz CT molecular complexity index is 2700. The number of fused-ring (bicyclic) bond motifs is 2. The van der Waals surface area contributed by atoms with Gasteiger partial charge in [-0.05, 0) is 111 Å². The average Bonchev–Trinajstić information content (AvgIpc) is 3.38. The molecule has 8 rings (SSSR count). The van der Waals surface area contributed by atoms with Gasteiger partial charge in [-0.1, -0.05) is 158 Å². The van der Waals surface area contributed by atoms with E-state index in [2.05, 4.69) is 60.7 Å². The monoisotopic (exact) mass is 796 g/mol. The van der Waals surface area contributed by atoms with Crippen LogP contribution in [0.1, 0.15) is 12.0 Å². The van der Waals surface area contributed by atoms with Gasteiger partial charge in [-0.2, -0.15) is 0 Å². The summed E-state index contributed by atoms with van der Waals surface area (Å²) in [5, 5.41) is 9.57. The van der Waals surface area contributed by atoms with Crippen molar-refractivity contribution >= 4 is 90.6 Å². The van der Waals surface area contributed by atoms with Crippen molar-refractivity contribution in [2.24, 2.45) is 0 Å². The van der Waals surface area contributed by atoms with E-state index in [1.54, 1.807) is 12.1 Å². The first-order chi connectivity index (χ1) is 26.6. The highest BCUT2D eigenvalue weighted by atomic mass is 31.2. The first kappa shape index (κ1) is 37.4. The van der Waals surface area contributed by atoms with Gasteiger partial charge >= 0.3 is 15.2 Å². The first-order valence-electron chi connectivity index (χ1n) is 17.6. The van der Waals surface area contributed by atoms with Crippen molar-refractivity contribution in [3.63, 3.8) is 0 Å². The van der Waals surface area contributed by atoms with Crippen LogP contribution in [0.15, 0.2) is 181 Å². The summed E-state index contributed by atoms with van der Waals surface area (Å²) >= 11 is 0. The van der Waals surface area contributed by atoms with Crippen LogP contribution >= 0.6 is 31.0 Å². The molecule has 4 N–H and O–H groups in total. The summed E-state index contributed by atoms with van der Waals surface area (Å²) in [6, 6.07) is 55.5. The van der Waals surface area contributed by atoms with Crippen LogP contribution in [0.25, 0.3) is 22.4 Å². The molecule has 0 aromatic heterocycles. The molecule has 272 valence electrons. The summed E-state index contributed by atoms with van der Waals surface area (Å²) in [6.07, 6.45) is 4.79. The second-order valence-electron chi connectivity index (χ2n) is 13.1.